The molecule has 0 bridgehead atoms. The summed E-state index contributed by atoms with van der Waals surface area (Å²) in [6.07, 6.45) is 10.2. The van der Waals surface area contributed by atoms with Gasteiger partial charge in [-0.3, -0.25) is 0 Å². The zero-order chi connectivity index (χ0) is 42.4. The van der Waals surface area contributed by atoms with E-state index in [4.69, 9.17) is 0 Å². The Morgan fingerprint density at radius 1 is 0.574 bits per heavy atom. The molecule has 0 saturated carbocycles. The van der Waals surface area contributed by atoms with Gasteiger partial charge < -0.3 is 9.80 Å². The van der Waals surface area contributed by atoms with Crippen molar-refractivity contribution in [3.05, 3.63) is 106 Å². The molecule has 0 N–H and O–H groups in total. The van der Waals surface area contributed by atoms with Crippen molar-refractivity contribution in [2.45, 2.75) is 85.0 Å². The zero-order valence-electron chi connectivity index (χ0n) is 35.8. The largest absolute Gasteiger partial charge is 0.306 e. The zero-order valence-corrected chi connectivity index (χ0v) is 35.8. The Kier molecular flexibility index (Phi) is 11.2. The van der Waals surface area contributed by atoms with Crippen LogP contribution in [0.5, 0.6) is 0 Å². The molecular weight excluding hydrogens is 771 g/mol. The molecule has 2 aliphatic rings. The number of hydrogen-bond acceptors (Lipinski definition) is 10. The van der Waals surface area contributed by atoms with Gasteiger partial charge in [0.05, 0.1) is 57.6 Å². The van der Waals surface area contributed by atoms with E-state index in [1.165, 1.54) is 0 Å². The first-order valence-corrected chi connectivity index (χ1v) is 21.5. The lowest BCUT2D eigenvalue weighted by Crippen LogP contribution is -2.24. The summed E-state index contributed by atoms with van der Waals surface area (Å²) < 4.78 is 33.8. The predicted molar refractivity (Wildman–Crippen MR) is 235 cm³/mol. The highest BCUT2D eigenvalue weighted by Gasteiger charge is 2.22. The van der Waals surface area contributed by atoms with Crippen LogP contribution < -0.4 is 0 Å². The molecule has 10 rings (SSSR count). The van der Waals surface area contributed by atoms with Crippen molar-refractivity contribution >= 4 is 33.1 Å². The number of benzene rings is 2. The molecule has 12 nitrogen and oxygen atoms in total. The van der Waals surface area contributed by atoms with Crippen molar-refractivity contribution < 1.29 is 8.78 Å². The van der Waals surface area contributed by atoms with Crippen molar-refractivity contribution in [3.8, 4) is 22.5 Å². The van der Waals surface area contributed by atoms with E-state index < -0.39 is 0 Å². The number of halogens is 2. The summed E-state index contributed by atoms with van der Waals surface area (Å²) in [5, 5.41) is 28.1. The monoisotopic (exact) mass is 822 g/mol. The number of nitrogens with zero attached hydrogens (tertiary/aromatic N) is 12. The van der Waals surface area contributed by atoms with Crippen molar-refractivity contribution in [2.75, 3.05) is 39.8 Å². The molecule has 8 heterocycles. The quantitative estimate of drug-likeness (QED) is 0.167. The minimum Gasteiger partial charge on any atom is -0.306 e. The molecule has 0 amide bonds. The van der Waals surface area contributed by atoms with Gasteiger partial charge >= 0.3 is 0 Å². The molecule has 61 heavy (non-hydrogen) atoms. The fourth-order valence-corrected chi connectivity index (χ4v) is 9.00. The number of rotatable bonds is 5. The second kappa shape index (κ2) is 16.9. The SMILES string of the molecule is CCN1CCCC(c2cc3c(F)cc(-c4cc(C)c5nc(C)cn5n4)cc3nn2)CC1.Cc1cn2nc(-c3cc(F)c4cc(C5CCCN(C)CC5)nnc4c3)cc(C)c2n1. The third-order valence-corrected chi connectivity index (χ3v) is 12.5. The molecule has 314 valence electrons. The van der Waals surface area contributed by atoms with Gasteiger partial charge in [-0.25, -0.2) is 27.8 Å². The molecule has 6 aromatic heterocycles. The van der Waals surface area contributed by atoms with E-state index in [0.29, 0.717) is 56.2 Å². The van der Waals surface area contributed by atoms with Crippen molar-refractivity contribution in [1.82, 2.24) is 59.4 Å². The number of fused-ring (bicyclic) bond motifs is 4. The van der Waals surface area contributed by atoms with Gasteiger partial charge in [-0.15, -0.1) is 0 Å². The average molecular weight is 823 g/mol. The molecule has 8 aromatic rings. The number of aryl methyl sites for hydroxylation is 4. The third-order valence-electron chi connectivity index (χ3n) is 12.5. The summed E-state index contributed by atoms with van der Waals surface area (Å²) >= 11 is 0. The van der Waals surface area contributed by atoms with Crippen LogP contribution in [0, 0.1) is 39.3 Å². The van der Waals surface area contributed by atoms with Gasteiger partial charge in [-0.05, 0) is 166 Å². The molecule has 0 radical (unpaired) electrons. The molecule has 14 heteroatoms. The van der Waals surface area contributed by atoms with Crippen LogP contribution in [0.25, 0.3) is 55.6 Å². The highest BCUT2D eigenvalue weighted by atomic mass is 19.1. The topological polar surface area (TPSA) is 118 Å². The highest BCUT2D eigenvalue weighted by molar-refractivity contribution is 5.85. The molecule has 2 aromatic carbocycles. The number of likely N-dealkylation sites (tertiary alicyclic amines) is 2. The first-order valence-electron chi connectivity index (χ1n) is 21.5. The first kappa shape index (κ1) is 40.5. The number of aromatic nitrogens is 10. The van der Waals surface area contributed by atoms with Gasteiger partial charge in [0.15, 0.2) is 11.3 Å². The average Bonchev–Trinajstić information content (AvgIpc) is 3.63. The van der Waals surface area contributed by atoms with Crippen LogP contribution in [-0.2, 0) is 0 Å². The summed E-state index contributed by atoms with van der Waals surface area (Å²) in [7, 11) is 2.15. The Bertz CT molecular complexity index is 2900. The molecular formula is C47H52F2N12. The van der Waals surface area contributed by atoms with Crippen LogP contribution in [-0.4, -0.2) is 99.2 Å². The molecule has 2 saturated heterocycles. The van der Waals surface area contributed by atoms with E-state index in [1.54, 1.807) is 21.2 Å². The Hall–Kier alpha value is -5.86. The second-order valence-electron chi connectivity index (χ2n) is 17.0. The van der Waals surface area contributed by atoms with E-state index in [2.05, 4.69) is 64.3 Å². The highest BCUT2D eigenvalue weighted by Crippen LogP contribution is 2.33. The molecule has 0 aliphatic carbocycles. The molecule has 2 atom stereocenters. The molecule has 0 spiro atoms. The maximum Gasteiger partial charge on any atom is 0.156 e. The standard InChI is InChI=1S/C24H27FN6.C23H25FN6/c1-4-30-8-5-6-17(7-9-30)21-13-19-20(25)11-18(12-23(19)28-27-21)22-10-15(2)24-26-16(3)14-31(24)29-22;1-14-9-21(28-30-13-15(2)25-23(14)30)17-10-19(24)18-12-20(26-27-22(18)11-17)16-5-4-7-29(3)8-6-16/h10-14,17H,4-9H2,1-3H3;9-13,16H,4-8H2,1-3H3. The van der Waals surface area contributed by atoms with E-state index in [9.17, 15) is 0 Å². The van der Waals surface area contributed by atoms with Crippen molar-refractivity contribution in [1.29, 1.82) is 0 Å². The first-order chi connectivity index (χ1) is 29.5. The summed E-state index contributed by atoms with van der Waals surface area (Å²) in [6.45, 7) is 15.4. The van der Waals surface area contributed by atoms with Crippen LogP contribution in [0.1, 0.15) is 91.2 Å². The summed E-state index contributed by atoms with van der Waals surface area (Å²) in [6, 6.07) is 14.5. The maximum atomic E-state index is 15.2. The van der Waals surface area contributed by atoms with Crippen LogP contribution in [0.2, 0.25) is 0 Å². The number of imidazole rings is 2. The normalized spacial score (nSPS) is 18.1. The van der Waals surface area contributed by atoms with Gasteiger partial charge in [0, 0.05) is 33.7 Å². The van der Waals surface area contributed by atoms with Gasteiger partial charge in [0.2, 0.25) is 0 Å². The summed E-state index contributed by atoms with van der Waals surface area (Å²) in [5.74, 6) is 0.102. The minimum atomic E-state index is -0.286. The smallest absolute Gasteiger partial charge is 0.156 e. The summed E-state index contributed by atoms with van der Waals surface area (Å²) in [5.41, 5.74) is 11.1. The Labute approximate surface area is 354 Å². The molecule has 2 aliphatic heterocycles. The van der Waals surface area contributed by atoms with Crippen molar-refractivity contribution in [3.63, 3.8) is 0 Å². The van der Waals surface area contributed by atoms with E-state index >= 15 is 8.78 Å². The van der Waals surface area contributed by atoms with Gasteiger partial charge in [0.1, 0.15) is 11.6 Å². The fourth-order valence-electron chi connectivity index (χ4n) is 9.00. The lowest BCUT2D eigenvalue weighted by Gasteiger charge is -2.17. The van der Waals surface area contributed by atoms with Crippen LogP contribution >= 0.6 is 0 Å². The van der Waals surface area contributed by atoms with Crippen molar-refractivity contribution in [2.24, 2.45) is 0 Å². The second-order valence-corrected chi connectivity index (χ2v) is 17.0. The molecule has 2 unspecified atom stereocenters. The van der Waals surface area contributed by atoms with Crippen LogP contribution in [0.15, 0.2) is 60.9 Å². The van der Waals surface area contributed by atoms with E-state index in [-0.39, 0.29) is 11.6 Å². The summed E-state index contributed by atoms with van der Waals surface area (Å²) in [4.78, 5) is 13.8. The maximum absolute atomic E-state index is 15.2. The van der Waals surface area contributed by atoms with Crippen LogP contribution in [0.4, 0.5) is 8.78 Å². The fraction of sp³-hybridized carbons (Fsp3) is 0.404. The van der Waals surface area contributed by atoms with E-state index in [0.717, 1.165) is 116 Å². The Morgan fingerprint density at radius 3 is 1.57 bits per heavy atom. The van der Waals surface area contributed by atoms with Gasteiger partial charge in [-0.2, -0.15) is 30.6 Å². The third kappa shape index (κ3) is 8.43. The Balaban J connectivity index is 0.000000156. The predicted octanol–water partition coefficient (Wildman–Crippen LogP) is 8.98. The lowest BCUT2D eigenvalue weighted by molar-refractivity contribution is 0.299. The lowest BCUT2D eigenvalue weighted by atomic mass is 9.95. The van der Waals surface area contributed by atoms with Crippen LogP contribution in [0.3, 0.4) is 0 Å². The van der Waals surface area contributed by atoms with E-state index in [1.807, 2.05) is 76.5 Å². The molecule has 2 fully saturated rings. The minimum absolute atomic E-state index is 0.284. The Morgan fingerprint density at radius 2 is 1.07 bits per heavy atom. The number of hydrogen-bond donors (Lipinski definition) is 0. The van der Waals surface area contributed by atoms with Gasteiger partial charge in [-0.1, -0.05) is 6.92 Å². The van der Waals surface area contributed by atoms with Gasteiger partial charge in [0.25, 0.3) is 0 Å².